The van der Waals surface area contributed by atoms with Gasteiger partial charge in [0.25, 0.3) is 0 Å². The first-order valence-corrected chi connectivity index (χ1v) is 10.9. The van der Waals surface area contributed by atoms with E-state index in [1.165, 1.54) is 12.1 Å². The van der Waals surface area contributed by atoms with Gasteiger partial charge in [0, 0.05) is 24.7 Å². The summed E-state index contributed by atoms with van der Waals surface area (Å²) in [5.41, 5.74) is 5.67. The minimum absolute atomic E-state index is 0.0283. The Morgan fingerprint density at radius 3 is 2.27 bits per heavy atom. The van der Waals surface area contributed by atoms with Crippen LogP contribution in [0.3, 0.4) is 0 Å². The quantitative estimate of drug-likeness (QED) is 0.638. The van der Waals surface area contributed by atoms with Gasteiger partial charge in [-0.2, -0.15) is 5.26 Å². The molecular formula is C23H23N3O3S. The van der Waals surface area contributed by atoms with Crippen molar-refractivity contribution < 1.29 is 13.2 Å². The number of nitrogens with two attached hydrogens (primary N) is 1. The maximum Gasteiger partial charge on any atom is 0.238 e. The lowest BCUT2D eigenvalue weighted by Crippen LogP contribution is -2.12. The predicted octanol–water partition coefficient (Wildman–Crippen LogP) is 3.29. The van der Waals surface area contributed by atoms with Crippen molar-refractivity contribution in [2.45, 2.75) is 32.1 Å². The predicted molar refractivity (Wildman–Crippen MR) is 115 cm³/mol. The summed E-state index contributed by atoms with van der Waals surface area (Å²) in [5, 5.41) is 14.9. The van der Waals surface area contributed by atoms with E-state index in [1.807, 2.05) is 32.0 Å². The molecule has 3 rings (SSSR count). The third kappa shape index (κ3) is 3.92. The van der Waals surface area contributed by atoms with Gasteiger partial charge in [0.1, 0.15) is 6.07 Å². The van der Waals surface area contributed by atoms with Crippen molar-refractivity contribution in [3.63, 3.8) is 0 Å². The Morgan fingerprint density at radius 2 is 1.73 bits per heavy atom. The standard InChI is InChI=1S/C23H23N3O3S/c1-14-5-10-19(15(2)11-14)23(27)22-16(3)20(13-24)21(26(22)4)12-17-6-8-18(9-7-17)30(25,28)29/h5-11H,12H2,1-4H3,(H2,25,28,29). The molecule has 0 amide bonds. The van der Waals surface area contributed by atoms with Gasteiger partial charge in [-0.25, -0.2) is 13.6 Å². The van der Waals surface area contributed by atoms with Crippen molar-refractivity contribution in [1.82, 2.24) is 4.57 Å². The van der Waals surface area contributed by atoms with Crippen LogP contribution in [0.4, 0.5) is 0 Å². The Balaban J connectivity index is 2.05. The molecule has 0 atom stereocenters. The molecule has 7 heteroatoms. The summed E-state index contributed by atoms with van der Waals surface area (Å²) in [6.45, 7) is 5.66. The van der Waals surface area contributed by atoms with Crippen LogP contribution in [0.15, 0.2) is 47.4 Å². The first-order chi connectivity index (χ1) is 14.0. The van der Waals surface area contributed by atoms with E-state index in [0.717, 1.165) is 16.7 Å². The van der Waals surface area contributed by atoms with Crippen LogP contribution in [-0.2, 0) is 23.5 Å². The zero-order valence-electron chi connectivity index (χ0n) is 17.4. The van der Waals surface area contributed by atoms with E-state index in [9.17, 15) is 18.5 Å². The zero-order valence-corrected chi connectivity index (χ0v) is 18.2. The first-order valence-electron chi connectivity index (χ1n) is 9.36. The molecule has 3 aromatic rings. The monoisotopic (exact) mass is 421 g/mol. The third-order valence-electron chi connectivity index (χ3n) is 5.34. The van der Waals surface area contributed by atoms with Crippen molar-refractivity contribution in [2.75, 3.05) is 0 Å². The van der Waals surface area contributed by atoms with Crippen LogP contribution >= 0.6 is 0 Å². The Bertz CT molecular complexity index is 1290. The van der Waals surface area contributed by atoms with E-state index in [2.05, 4.69) is 6.07 Å². The number of hydrogen-bond acceptors (Lipinski definition) is 4. The number of aryl methyl sites for hydroxylation is 2. The molecule has 0 radical (unpaired) electrons. The summed E-state index contributed by atoms with van der Waals surface area (Å²) in [6.07, 6.45) is 0.380. The van der Waals surface area contributed by atoms with Gasteiger partial charge < -0.3 is 4.57 Å². The fraction of sp³-hybridized carbons (Fsp3) is 0.217. The normalized spacial score (nSPS) is 11.3. The Hall–Kier alpha value is -3.21. The lowest BCUT2D eigenvalue weighted by Gasteiger charge is -2.10. The highest BCUT2D eigenvalue weighted by atomic mass is 32.2. The average Bonchev–Trinajstić information content (AvgIpc) is 2.90. The second kappa shape index (κ2) is 7.90. The Kier molecular flexibility index (Phi) is 5.66. The smallest absolute Gasteiger partial charge is 0.238 e. The average molecular weight is 422 g/mol. The van der Waals surface area contributed by atoms with Crippen molar-refractivity contribution in [1.29, 1.82) is 5.26 Å². The van der Waals surface area contributed by atoms with E-state index in [-0.39, 0.29) is 10.7 Å². The zero-order chi connectivity index (χ0) is 22.2. The maximum atomic E-state index is 13.3. The van der Waals surface area contributed by atoms with E-state index < -0.39 is 10.0 Å². The number of carbonyl (C=O) groups is 1. The number of primary sulfonamides is 1. The largest absolute Gasteiger partial charge is 0.343 e. The molecule has 0 bridgehead atoms. The van der Waals surface area contributed by atoms with Crippen LogP contribution in [-0.4, -0.2) is 18.8 Å². The van der Waals surface area contributed by atoms with E-state index >= 15 is 0 Å². The fourth-order valence-electron chi connectivity index (χ4n) is 3.75. The molecule has 154 valence electrons. The number of rotatable bonds is 5. The van der Waals surface area contributed by atoms with Crippen LogP contribution in [0.25, 0.3) is 0 Å². The summed E-state index contributed by atoms with van der Waals surface area (Å²) in [5.74, 6) is -0.125. The summed E-state index contributed by atoms with van der Waals surface area (Å²) in [7, 11) is -1.99. The summed E-state index contributed by atoms with van der Waals surface area (Å²) >= 11 is 0. The number of ketones is 1. The van der Waals surface area contributed by atoms with Crippen LogP contribution < -0.4 is 5.14 Å². The van der Waals surface area contributed by atoms with Gasteiger partial charge in [-0.15, -0.1) is 0 Å². The molecule has 0 spiro atoms. The molecule has 2 N–H and O–H groups in total. The molecule has 0 fully saturated rings. The third-order valence-corrected chi connectivity index (χ3v) is 6.27. The van der Waals surface area contributed by atoms with Crippen molar-refractivity contribution in [3.8, 4) is 6.07 Å². The second-order valence-electron chi connectivity index (χ2n) is 7.48. The lowest BCUT2D eigenvalue weighted by molar-refractivity contribution is 0.103. The number of benzene rings is 2. The number of hydrogen-bond donors (Lipinski definition) is 1. The van der Waals surface area contributed by atoms with E-state index in [0.29, 0.717) is 34.5 Å². The summed E-state index contributed by atoms with van der Waals surface area (Å²) in [4.78, 5) is 13.3. The van der Waals surface area contributed by atoms with Crippen molar-refractivity contribution in [2.24, 2.45) is 12.2 Å². The lowest BCUT2D eigenvalue weighted by atomic mass is 9.98. The molecule has 0 aliphatic carbocycles. The van der Waals surface area contributed by atoms with Gasteiger partial charge in [0.2, 0.25) is 15.8 Å². The number of sulfonamides is 1. The molecule has 0 aliphatic heterocycles. The fourth-order valence-corrected chi connectivity index (χ4v) is 4.27. The van der Waals surface area contributed by atoms with Gasteiger partial charge in [-0.1, -0.05) is 35.9 Å². The van der Waals surface area contributed by atoms with Gasteiger partial charge in [0.05, 0.1) is 16.2 Å². The van der Waals surface area contributed by atoms with Gasteiger partial charge in [-0.05, 0) is 49.6 Å². The Morgan fingerprint density at radius 1 is 1.10 bits per heavy atom. The maximum absolute atomic E-state index is 13.3. The number of nitrogens with zero attached hydrogens (tertiary/aromatic N) is 2. The van der Waals surface area contributed by atoms with Crippen molar-refractivity contribution in [3.05, 3.63) is 87.2 Å². The second-order valence-corrected chi connectivity index (χ2v) is 9.04. The Labute approximate surface area is 176 Å². The highest BCUT2D eigenvalue weighted by molar-refractivity contribution is 7.89. The number of carbonyl (C=O) groups excluding carboxylic acids is 1. The minimum Gasteiger partial charge on any atom is -0.343 e. The molecule has 6 nitrogen and oxygen atoms in total. The van der Waals surface area contributed by atoms with Crippen LogP contribution in [0.2, 0.25) is 0 Å². The highest BCUT2D eigenvalue weighted by Crippen LogP contribution is 2.27. The van der Waals surface area contributed by atoms with E-state index in [4.69, 9.17) is 5.14 Å². The highest BCUT2D eigenvalue weighted by Gasteiger charge is 2.24. The molecule has 1 aromatic heterocycles. The number of nitriles is 1. The SMILES string of the molecule is Cc1ccc(C(=O)c2c(C)c(C#N)c(Cc3ccc(S(N)(=O)=O)cc3)n2C)c(C)c1. The van der Waals surface area contributed by atoms with Gasteiger partial charge in [-0.3, -0.25) is 4.79 Å². The molecule has 0 unspecified atom stereocenters. The van der Waals surface area contributed by atoms with Gasteiger partial charge >= 0.3 is 0 Å². The molecule has 0 saturated heterocycles. The summed E-state index contributed by atoms with van der Waals surface area (Å²) < 4.78 is 24.7. The number of aromatic nitrogens is 1. The molecule has 2 aromatic carbocycles. The molecule has 0 aliphatic rings. The molecule has 30 heavy (non-hydrogen) atoms. The van der Waals surface area contributed by atoms with Crippen molar-refractivity contribution >= 4 is 15.8 Å². The summed E-state index contributed by atoms with van der Waals surface area (Å²) in [6, 6.07) is 14.1. The first kappa shape index (κ1) is 21.5. The topological polar surface area (TPSA) is 106 Å². The van der Waals surface area contributed by atoms with Crippen LogP contribution in [0.5, 0.6) is 0 Å². The molecular weight excluding hydrogens is 398 g/mol. The minimum atomic E-state index is -3.77. The van der Waals surface area contributed by atoms with E-state index in [1.54, 1.807) is 30.7 Å². The van der Waals surface area contributed by atoms with Crippen LogP contribution in [0, 0.1) is 32.1 Å². The van der Waals surface area contributed by atoms with Crippen LogP contribution in [0.1, 0.15) is 49.6 Å². The molecule has 0 saturated carbocycles. The van der Waals surface area contributed by atoms with Gasteiger partial charge in [0.15, 0.2) is 0 Å². The molecule has 1 heterocycles.